The SMILES string of the molecule is CCOC(=O)C1CCCN(C(=O)c2cn(Cc3ccccc3)nc2-c2cccs2)C1. The maximum Gasteiger partial charge on any atom is 0.310 e. The maximum atomic E-state index is 13.4. The van der Waals surface area contributed by atoms with Crippen molar-refractivity contribution >= 4 is 23.2 Å². The molecule has 4 rings (SSSR count). The molecule has 0 aliphatic carbocycles. The molecule has 30 heavy (non-hydrogen) atoms. The van der Waals surface area contributed by atoms with Crippen LogP contribution in [-0.4, -0.2) is 46.3 Å². The van der Waals surface area contributed by atoms with Crippen molar-refractivity contribution in [2.24, 2.45) is 5.92 Å². The highest BCUT2D eigenvalue weighted by atomic mass is 32.1. The molecule has 3 heterocycles. The van der Waals surface area contributed by atoms with Gasteiger partial charge in [-0.15, -0.1) is 11.3 Å². The Kier molecular flexibility index (Phi) is 6.28. The lowest BCUT2D eigenvalue weighted by Crippen LogP contribution is -2.42. The first-order valence-electron chi connectivity index (χ1n) is 10.3. The van der Waals surface area contributed by atoms with E-state index in [-0.39, 0.29) is 17.8 Å². The summed E-state index contributed by atoms with van der Waals surface area (Å²) in [6.45, 7) is 3.79. The summed E-state index contributed by atoms with van der Waals surface area (Å²) in [5, 5.41) is 6.72. The van der Waals surface area contributed by atoms with Crippen LogP contribution in [-0.2, 0) is 16.1 Å². The lowest BCUT2D eigenvalue weighted by atomic mass is 9.97. The number of benzene rings is 1. The monoisotopic (exact) mass is 423 g/mol. The fraction of sp³-hybridized carbons (Fsp3) is 0.348. The van der Waals surface area contributed by atoms with Gasteiger partial charge in [0.2, 0.25) is 0 Å². The molecule has 3 aromatic rings. The number of piperidine rings is 1. The number of likely N-dealkylation sites (tertiary alicyclic amines) is 1. The number of hydrogen-bond donors (Lipinski definition) is 0. The van der Waals surface area contributed by atoms with Gasteiger partial charge in [-0.05, 0) is 36.8 Å². The van der Waals surface area contributed by atoms with Gasteiger partial charge in [-0.3, -0.25) is 14.3 Å². The van der Waals surface area contributed by atoms with E-state index in [9.17, 15) is 9.59 Å². The summed E-state index contributed by atoms with van der Waals surface area (Å²) in [4.78, 5) is 28.4. The third kappa shape index (κ3) is 4.46. The molecule has 1 atom stereocenters. The Morgan fingerprint density at radius 1 is 1.20 bits per heavy atom. The zero-order valence-corrected chi connectivity index (χ0v) is 17.8. The molecular weight excluding hydrogens is 398 g/mol. The molecule has 1 unspecified atom stereocenters. The molecule has 0 bridgehead atoms. The standard InChI is InChI=1S/C23H25N3O3S/c1-2-29-23(28)18-10-6-12-25(15-18)22(27)19-16-26(14-17-8-4-3-5-9-17)24-21(19)20-11-7-13-30-20/h3-5,7-9,11,13,16,18H,2,6,10,12,14-15H2,1H3. The minimum absolute atomic E-state index is 0.0771. The number of aromatic nitrogens is 2. The second-order valence-electron chi connectivity index (χ2n) is 7.39. The molecule has 1 fully saturated rings. The highest BCUT2D eigenvalue weighted by Crippen LogP contribution is 2.29. The van der Waals surface area contributed by atoms with Gasteiger partial charge in [0.1, 0.15) is 5.69 Å². The van der Waals surface area contributed by atoms with Crippen LogP contribution in [0, 0.1) is 5.92 Å². The van der Waals surface area contributed by atoms with E-state index in [0.29, 0.717) is 37.5 Å². The average Bonchev–Trinajstić information content (AvgIpc) is 3.44. The molecule has 156 valence electrons. The predicted molar refractivity (Wildman–Crippen MR) is 116 cm³/mol. The fourth-order valence-corrected chi connectivity index (χ4v) is 4.53. The smallest absolute Gasteiger partial charge is 0.310 e. The van der Waals surface area contributed by atoms with Crippen LogP contribution in [0.5, 0.6) is 0 Å². The molecule has 6 nitrogen and oxygen atoms in total. The highest BCUT2D eigenvalue weighted by molar-refractivity contribution is 7.13. The van der Waals surface area contributed by atoms with Gasteiger partial charge in [0, 0.05) is 19.3 Å². The zero-order valence-electron chi connectivity index (χ0n) is 17.0. The van der Waals surface area contributed by atoms with E-state index < -0.39 is 0 Å². The third-order valence-electron chi connectivity index (χ3n) is 5.26. The normalized spacial score (nSPS) is 16.4. The van der Waals surface area contributed by atoms with Gasteiger partial charge in [0.05, 0.1) is 29.5 Å². The van der Waals surface area contributed by atoms with Gasteiger partial charge in [-0.25, -0.2) is 0 Å². The Morgan fingerprint density at radius 2 is 2.03 bits per heavy atom. The van der Waals surface area contributed by atoms with Crippen LogP contribution in [0.2, 0.25) is 0 Å². The van der Waals surface area contributed by atoms with Crippen LogP contribution < -0.4 is 0 Å². The molecule has 7 heteroatoms. The number of amides is 1. The van der Waals surface area contributed by atoms with E-state index in [1.165, 1.54) is 0 Å². The average molecular weight is 424 g/mol. The molecule has 1 saturated heterocycles. The second kappa shape index (κ2) is 9.26. The van der Waals surface area contributed by atoms with Crippen molar-refractivity contribution < 1.29 is 14.3 Å². The van der Waals surface area contributed by atoms with Gasteiger partial charge < -0.3 is 9.64 Å². The first kappa shape index (κ1) is 20.3. The first-order chi connectivity index (χ1) is 14.7. The predicted octanol–water partition coefficient (Wildman–Crippen LogP) is 4.08. The number of hydrogen-bond acceptors (Lipinski definition) is 5. The summed E-state index contributed by atoms with van der Waals surface area (Å²) in [6.07, 6.45) is 3.38. The third-order valence-corrected chi connectivity index (χ3v) is 6.14. The first-order valence-corrected chi connectivity index (χ1v) is 11.1. The van der Waals surface area contributed by atoms with Crippen LogP contribution >= 0.6 is 11.3 Å². The zero-order chi connectivity index (χ0) is 20.9. The molecule has 1 aliphatic heterocycles. The molecule has 1 aromatic carbocycles. The Morgan fingerprint density at radius 3 is 2.77 bits per heavy atom. The quantitative estimate of drug-likeness (QED) is 0.561. The van der Waals surface area contributed by atoms with Gasteiger partial charge in [-0.1, -0.05) is 36.4 Å². The topological polar surface area (TPSA) is 64.4 Å². The van der Waals surface area contributed by atoms with Crippen molar-refractivity contribution in [1.29, 1.82) is 0 Å². The van der Waals surface area contributed by atoms with Crippen LogP contribution in [0.3, 0.4) is 0 Å². The number of rotatable bonds is 6. The van der Waals surface area contributed by atoms with E-state index >= 15 is 0 Å². The summed E-state index contributed by atoms with van der Waals surface area (Å²) in [6, 6.07) is 14.0. The minimum Gasteiger partial charge on any atom is -0.466 e. The van der Waals surface area contributed by atoms with Crippen molar-refractivity contribution in [1.82, 2.24) is 14.7 Å². The molecule has 0 saturated carbocycles. The highest BCUT2D eigenvalue weighted by Gasteiger charge is 2.31. The molecule has 1 amide bonds. The summed E-state index contributed by atoms with van der Waals surface area (Å²) >= 11 is 1.57. The molecule has 0 spiro atoms. The summed E-state index contributed by atoms with van der Waals surface area (Å²) in [5.74, 6) is -0.549. The minimum atomic E-state index is -0.257. The van der Waals surface area contributed by atoms with E-state index in [1.54, 1.807) is 23.2 Å². The molecular formula is C23H25N3O3S. The van der Waals surface area contributed by atoms with E-state index in [2.05, 4.69) is 0 Å². The van der Waals surface area contributed by atoms with Gasteiger partial charge >= 0.3 is 5.97 Å². The number of nitrogens with zero attached hydrogens (tertiary/aromatic N) is 3. The van der Waals surface area contributed by atoms with E-state index in [4.69, 9.17) is 9.84 Å². The van der Waals surface area contributed by atoms with Gasteiger partial charge in [0.25, 0.3) is 5.91 Å². The van der Waals surface area contributed by atoms with E-state index in [0.717, 1.165) is 23.3 Å². The summed E-state index contributed by atoms with van der Waals surface area (Å²) in [7, 11) is 0. The largest absolute Gasteiger partial charge is 0.466 e. The van der Waals surface area contributed by atoms with Crippen molar-refractivity contribution in [2.75, 3.05) is 19.7 Å². The number of carbonyl (C=O) groups is 2. The van der Waals surface area contributed by atoms with Crippen LogP contribution in [0.25, 0.3) is 10.6 Å². The van der Waals surface area contributed by atoms with Crippen LogP contribution in [0.1, 0.15) is 35.7 Å². The molecule has 1 aliphatic rings. The summed E-state index contributed by atoms with van der Waals surface area (Å²) < 4.78 is 7.00. The summed E-state index contributed by atoms with van der Waals surface area (Å²) in [5.41, 5.74) is 2.40. The number of esters is 1. The number of ether oxygens (including phenoxy) is 1. The van der Waals surface area contributed by atoms with Crippen molar-refractivity contribution in [2.45, 2.75) is 26.3 Å². The number of thiophene rings is 1. The Balaban J connectivity index is 1.60. The van der Waals surface area contributed by atoms with Crippen LogP contribution in [0.4, 0.5) is 0 Å². The second-order valence-corrected chi connectivity index (χ2v) is 8.34. The van der Waals surface area contributed by atoms with Crippen molar-refractivity contribution in [3.8, 4) is 10.6 Å². The van der Waals surface area contributed by atoms with Crippen LogP contribution in [0.15, 0.2) is 54.0 Å². The molecule has 2 aromatic heterocycles. The molecule has 0 radical (unpaired) electrons. The Labute approximate surface area is 180 Å². The lowest BCUT2D eigenvalue weighted by molar-refractivity contribution is -0.149. The molecule has 0 N–H and O–H groups in total. The Bertz CT molecular complexity index is 998. The fourth-order valence-electron chi connectivity index (χ4n) is 3.81. The lowest BCUT2D eigenvalue weighted by Gasteiger charge is -2.31. The number of carbonyl (C=O) groups excluding carboxylic acids is 2. The Hall–Kier alpha value is -2.93. The maximum absolute atomic E-state index is 13.4. The van der Waals surface area contributed by atoms with Crippen molar-refractivity contribution in [3.63, 3.8) is 0 Å². The van der Waals surface area contributed by atoms with Gasteiger partial charge in [-0.2, -0.15) is 5.10 Å². The van der Waals surface area contributed by atoms with E-state index in [1.807, 2.05) is 58.7 Å². The van der Waals surface area contributed by atoms with Crippen molar-refractivity contribution in [3.05, 3.63) is 65.2 Å². The van der Waals surface area contributed by atoms with Gasteiger partial charge in [0.15, 0.2) is 0 Å².